The first-order chi connectivity index (χ1) is 9.81. The van der Waals surface area contributed by atoms with Crippen LogP contribution in [-0.4, -0.2) is 32.8 Å². The maximum absolute atomic E-state index is 13.0. The molecular formula is C15H24FN3O. The van der Waals surface area contributed by atoms with Gasteiger partial charge >= 0.3 is 0 Å². The standard InChI is InChI=1S/C15H24FN3O/c1-2-8-20-9-7-17-10-13-11-18-19-15(13)12-3-5-14(16)6-4-12/h3-6,13,15,17-19H,2,7-11H2,1H3. The second-order valence-corrected chi connectivity index (χ2v) is 5.13. The molecule has 0 spiro atoms. The molecule has 5 heteroatoms. The van der Waals surface area contributed by atoms with Crippen molar-refractivity contribution in [2.75, 3.05) is 32.8 Å². The molecule has 0 saturated carbocycles. The Balaban J connectivity index is 1.75. The molecule has 20 heavy (non-hydrogen) atoms. The van der Waals surface area contributed by atoms with E-state index >= 15 is 0 Å². The van der Waals surface area contributed by atoms with Gasteiger partial charge in [0.1, 0.15) is 5.82 Å². The molecule has 4 nitrogen and oxygen atoms in total. The second kappa shape index (κ2) is 8.32. The quantitative estimate of drug-likeness (QED) is 0.634. The summed E-state index contributed by atoms with van der Waals surface area (Å²) in [5.74, 6) is 0.258. The van der Waals surface area contributed by atoms with Crippen molar-refractivity contribution in [2.24, 2.45) is 5.92 Å². The minimum Gasteiger partial charge on any atom is -0.380 e. The maximum atomic E-state index is 13.0. The fourth-order valence-corrected chi connectivity index (χ4v) is 2.43. The van der Waals surface area contributed by atoms with Crippen molar-refractivity contribution in [2.45, 2.75) is 19.4 Å². The van der Waals surface area contributed by atoms with Crippen molar-refractivity contribution in [3.8, 4) is 0 Å². The number of hydrogen-bond acceptors (Lipinski definition) is 4. The molecule has 3 N–H and O–H groups in total. The second-order valence-electron chi connectivity index (χ2n) is 5.13. The van der Waals surface area contributed by atoms with Gasteiger partial charge in [0.05, 0.1) is 12.6 Å². The Labute approximate surface area is 120 Å². The lowest BCUT2D eigenvalue weighted by Crippen LogP contribution is -2.30. The summed E-state index contributed by atoms with van der Waals surface area (Å²) in [6.45, 7) is 6.38. The molecule has 1 saturated heterocycles. The SMILES string of the molecule is CCCOCCNCC1CNNC1c1ccc(F)cc1. The Kier molecular flexibility index (Phi) is 6.39. The largest absolute Gasteiger partial charge is 0.380 e. The van der Waals surface area contributed by atoms with E-state index in [1.54, 1.807) is 0 Å². The minimum atomic E-state index is -0.192. The first kappa shape index (κ1) is 15.4. The van der Waals surface area contributed by atoms with Crippen molar-refractivity contribution in [1.82, 2.24) is 16.2 Å². The van der Waals surface area contributed by atoms with Crippen LogP contribution < -0.4 is 16.2 Å². The van der Waals surface area contributed by atoms with Crippen LogP contribution in [-0.2, 0) is 4.74 Å². The highest BCUT2D eigenvalue weighted by Crippen LogP contribution is 2.24. The van der Waals surface area contributed by atoms with E-state index in [-0.39, 0.29) is 11.9 Å². The summed E-state index contributed by atoms with van der Waals surface area (Å²) in [7, 11) is 0. The van der Waals surface area contributed by atoms with Gasteiger partial charge in [-0.1, -0.05) is 19.1 Å². The molecule has 0 bridgehead atoms. The fraction of sp³-hybridized carbons (Fsp3) is 0.600. The highest BCUT2D eigenvalue weighted by molar-refractivity contribution is 5.21. The lowest BCUT2D eigenvalue weighted by Gasteiger charge is -2.19. The molecule has 1 aliphatic rings. The highest BCUT2D eigenvalue weighted by atomic mass is 19.1. The summed E-state index contributed by atoms with van der Waals surface area (Å²) in [6, 6.07) is 6.94. The molecule has 1 aromatic carbocycles. The van der Waals surface area contributed by atoms with E-state index in [1.165, 1.54) is 12.1 Å². The van der Waals surface area contributed by atoms with Crippen molar-refractivity contribution in [3.05, 3.63) is 35.6 Å². The molecule has 112 valence electrons. The molecule has 1 aromatic rings. The van der Waals surface area contributed by atoms with Gasteiger partial charge in [-0.05, 0) is 24.1 Å². The van der Waals surface area contributed by atoms with Gasteiger partial charge in [0.25, 0.3) is 0 Å². The maximum Gasteiger partial charge on any atom is 0.123 e. The Bertz CT molecular complexity index is 385. The van der Waals surface area contributed by atoms with Crippen LogP contribution in [0.25, 0.3) is 0 Å². The first-order valence-electron chi connectivity index (χ1n) is 7.33. The number of nitrogens with one attached hydrogen (secondary N) is 3. The third kappa shape index (κ3) is 4.52. The zero-order valence-electron chi connectivity index (χ0n) is 12.0. The van der Waals surface area contributed by atoms with E-state index in [0.717, 1.165) is 44.8 Å². The summed E-state index contributed by atoms with van der Waals surface area (Å²) in [4.78, 5) is 0. The van der Waals surface area contributed by atoms with E-state index in [1.807, 2.05) is 12.1 Å². The molecule has 2 unspecified atom stereocenters. The molecule has 0 radical (unpaired) electrons. The summed E-state index contributed by atoms with van der Waals surface area (Å²) >= 11 is 0. The van der Waals surface area contributed by atoms with Gasteiger partial charge in [-0.2, -0.15) is 0 Å². The third-order valence-electron chi connectivity index (χ3n) is 3.50. The summed E-state index contributed by atoms with van der Waals surface area (Å²) in [5, 5.41) is 3.42. The molecule has 2 rings (SSSR count). The lowest BCUT2D eigenvalue weighted by molar-refractivity contribution is 0.135. The molecule has 0 aromatic heterocycles. The van der Waals surface area contributed by atoms with Crippen molar-refractivity contribution in [3.63, 3.8) is 0 Å². The predicted molar refractivity (Wildman–Crippen MR) is 77.7 cm³/mol. The first-order valence-corrected chi connectivity index (χ1v) is 7.33. The monoisotopic (exact) mass is 281 g/mol. The van der Waals surface area contributed by atoms with E-state index in [0.29, 0.717) is 5.92 Å². The zero-order valence-corrected chi connectivity index (χ0v) is 12.0. The Morgan fingerprint density at radius 1 is 1.30 bits per heavy atom. The van der Waals surface area contributed by atoms with Crippen molar-refractivity contribution < 1.29 is 9.13 Å². The fourth-order valence-electron chi connectivity index (χ4n) is 2.43. The topological polar surface area (TPSA) is 45.3 Å². The van der Waals surface area contributed by atoms with Crippen LogP contribution in [0.5, 0.6) is 0 Å². The van der Waals surface area contributed by atoms with Gasteiger partial charge < -0.3 is 10.1 Å². The van der Waals surface area contributed by atoms with Gasteiger partial charge in [-0.25, -0.2) is 9.82 Å². The number of halogens is 1. The average molecular weight is 281 g/mol. The Morgan fingerprint density at radius 3 is 2.85 bits per heavy atom. The minimum absolute atomic E-state index is 0.192. The summed E-state index contributed by atoms with van der Waals surface area (Å²) in [6.07, 6.45) is 1.06. The molecule has 1 fully saturated rings. The molecule has 0 aliphatic carbocycles. The number of hydrogen-bond donors (Lipinski definition) is 3. The van der Waals surface area contributed by atoms with Gasteiger partial charge in [-0.15, -0.1) is 0 Å². The Hall–Kier alpha value is -1.01. The normalized spacial score (nSPS) is 22.3. The van der Waals surface area contributed by atoms with Crippen LogP contribution in [0.15, 0.2) is 24.3 Å². The van der Waals surface area contributed by atoms with E-state index in [9.17, 15) is 4.39 Å². The Morgan fingerprint density at radius 2 is 2.10 bits per heavy atom. The van der Waals surface area contributed by atoms with Gasteiger partial charge in [0, 0.05) is 32.2 Å². The van der Waals surface area contributed by atoms with Gasteiger partial charge in [0.15, 0.2) is 0 Å². The van der Waals surface area contributed by atoms with Crippen molar-refractivity contribution in [1.29, 1.82) is 0 Å². The number of ether oxygens (including phenoxy) is 1. The number of hydrazine groups is 1. The van der Waals surface area contributed by atoms with E-state index < -0.39 is 0 Å². The molecular weight excluding hydrogens is 257 g/mol. The van der Waals surface area contributed by atoms with Crippen LogP contribution in [0.2, 0.25) is 0 Å². The van der Waals surface area contributed by atoms with E-state index in [2.05, 4.69) is 23.1 Å². The highest BCUT2D eigenvalue weighted by Gasteiger charge is 2.27. The van der Waals surface area contributed by atoms with Gasteiger partial charge in [-0.3, -0.25) is 5.43 Å². The van der Waals surface area contributed by atoms with Crippen LogP contribution in [0.4, 0.5) is 4.39 Å². The van der Waals surface area contributed by atoms with Crippen LogP contribution in [0.1, 0.15) is 24.9 Å². The molecule has 2 atom stereocenters. The number of benzene rings is 1. The van der Waals surface area contributed by atoms with Crippen LogP contribution in [0.3, 0.4) is 0 Å². The average Bonchev–Trinajstić information content (AvgIpc) is 2.92. The third-order valence-corrected chi connectivity index (χ3v) is 3.50. The van der Waals surface area contributed by atoms with Crippen LogP contribution >= 0.6 is 0 Å². The summed E-state index contributed by atoms with van der Waals surface area (Å²) in [5.41, 5.74) is 7.56. The molecule has 0 amide bonds. The smallest absolute Gasteiger partial charge is 0.123 e. The van der Waals surface area contributed by atoms with Gasteiger partial charge in [0.2, 0.25) is 0 Å². The predicted octanol–water partition coefficient (Wildman–Crippen LogP) is 1.61. The van der Waals surface area contributed by atoms with E-state index in [4.69, 9.17) is 4.74 Å². The zero-order chi connectivity index (χ0) is 14.2. The number of rotatable bonds is 8. The lowest BCUT2D eigenvalue weighted by atomic mass is 9.95. The van der Waals surface area contributed by atoms with Crippen molar-refractivity contribution >= 4 is 0 Å². The van der Waals surface area contributed by atoms with Crippen LogP contribution in [0, 0.1) is 11.7 Å². The molecule has 1 heterocycles. The summed E-state index contributed by atoms with van der Waals surface area (Å²) < 4.78 is 18.4. The molecule has 1 aliphatic heterocycles.